The molecule has 0 bridgehead atoms. The lowest BCUT2D eigenvalue weighted by atomic mass is 9.94. The van der Waals surface area contributed by atoms with Crippen LogP contribution in [0.2, 0.25) is 0 Å². The van der Waals surface area contributed by atoms with Crippen LogP contribution < -0.4 is 10.2 Å². The van der Waals surface area contributed by atoms with Crippen LogP contribution in [0.25, 0.3) is 0 Å². The van der Waals surface area contributed by atoms with Crippen LogP contribution in [0.4, 0.5) is 5.69 Å². The number of halogens is 1. The molecule has 0 heterocycles. The molecule has 1 fully saturated rings. The number of amides is 2. The Morgan fingerprint density at radius 2 is 1.93 bits per heavy atom. The number of nitrogens with one attached hydrogen (secondary N) is 1. The van der Waals surface area contributed by atoms with E-state index < -0.39 is 6.04 Å². The van der Waals surface area contributed by atoms with Gasteiger partial charge in [-0.25, -0.2) is 0 Å². The predicted molar refractivity (Wildman–Crippen MR) is 109 cm³/mol. The second-order valence-electron chi connectivity index (χ2n) is 7.12. The highest BCUT2D eigenvalue weighted by Gasteiger charge is 2.34. The highest BCUT2D eigenvalue weighted by atomic mass is 35.5. The number of anilines is 1. The average Bonchev–Trinajstić information content (AvgIpc) is 3.21. The van der Waals surface area contributed by atoms with Crippen LogP contribution in [0, 0.1) is 6.92 Å². The van der Waals surface area contributed by atoms with E-state index in [1.54, 1.807) is 12.2 Å². The van der Waals surface area contributed by atoms with E-state index >= 15 is 0 Å². The van der Waals surface area contributed by atoms with Crippen molar-refractivity contribution in [2.45, 2.75) is 51.1 Å². The van der Waals surface area contributed by atoms with Gasteiger partial charge >= 0.3 is 0 Å². The third-order valence-electron chi connectivity index (χ3n) is 5.09. The van der Waals surface area contributed by atoms with Crippen molar-refractivity contribution in [2.24, 2.45) is 0 Å². The lowest BCUT2D eigenvalue weighted by Crippen LogP contribution is -2.53. The molecule has 2 amide bonds. The van der Waals surface area contributed by atoms with Crippen molar-refractivity contribution in [3.63, 3.8) is 0 Å². The minimum Gasteiger partial charge on any atom is -0.351 e. The van der Waals surface area contributed by atoms with Crippen LogP contribution in [-0.4, -0.2) is 29.8 Å². The van der Waals surface area contributed by atoms with E-state index in [4.69, 9.17) is 11.6 Å². The first kappa shape index (κ1) is 19.5. The van der Waals surface area contributed by atoms with Gasteiger partial charge in [-0.05, 0) is 55.7 Å². The first-order chi connectivity index (χ1) is 13.1. The number of hydrogen-bond acceptors (Lipinski definition) is 2. The summed E-state index contributed by atoms with van der Waals surface area (Å²) in [5, 5.41) is 3.16. The van der Waals surface area contributed by atoms with Gasteiger partial charge in [0.25, 0.3) is 0 Å². The van der Waals surface area contributed by atoms with Crippen LogP contribution in [0.1, 0.15) is 37.7 Å². The van der Waals surface area contributed by atoms with Crippen LogP contribution in [0.3, 0.4) is 0 Å². The highest BCUT2D eigenvalue weighted by Crippen LogP contribution is 2.26. The van der Waals surface area contributed by atoms with Gasteiger partial charge < -0.3 is 5.32 Å². The largest absolute Gasteiger partial charge is 0.351 e. The summed E-state index contributed by atoms with van der Waals surface area (Å²) in [6.07, 6.45) is 10.8. The third kappa shape index (κ3) is 4.71. The summed E-state index contributed by atoms with van der Waals surface area (Å²) in [5.74, 6) is -0.656. The fourth-order valence-corrected chi connectivity index (χ4v) is 3.79. The smallest absolute Gasteiger partial charge is 0.248 e. The molecule has 2 aliphatic rings. The highest BCUT2D eigenvalue weighted by molar-refractivity contribution is 6.30. The van der Waals surface area contributed by atoms with E-state index in [0.717, 1.165) is 36.8 Å². The van der Waals surface area contributed by atoms with Gasteiger partial charge in [-0.2, -0.15) is 0 Å². The Bertz CT molecular complexity index is 785. The maximum Gasteiger partial charge on any atom is 0.248 e. The Morgan fingerprint density at radius 1 is 1.22 bits per heavy atom. The maximum absolute atomic E-state index is 13.2. The zero-order valence-electron chi connectivity index (χ0n) is 15.6. The minimum absolute atomic E-state index is 0.165. The van der Waals surface area contributed by atoms with Crippen LogP contribution in [-0.2, 0) is 9.59 Å². The number of carbonyl (C=O) groups is 2. The van der Waals surface area contributed by atoms with Gasteiger partial charge in [0.1, 0.15) is 11.9 Å². The Labute approximate surface area is 165 Å². The van der Waals surface area contributed by atoms with E-state index in [1.165, 1.54) is 11.3 Å². The molecular weight excluding hydrogens is 360 g/mol. The average molecular weight is 385 g/mol. The molecule has 1 aromatic rings. The third-order valence-corrected chi connectivity index (χ3v) is 5.32. The SMILES string of the molecule is Cc1ccc(N(C(=O)CCl)C(C(=O)NC2CCCCC2)C2=CC=C=C2)cc1. The normalized spacial score (nSPS) is 17.5. The molecule has 1 saturated carbocycles. The summed E-state index contributed by atoms with van der Waals surface area (Å²) in [6.45, 7) is 1.98. The summed E-state index contributed by atoms with van der Waals surface area (Å²) in [6, 6.07) is 6.97. The van der Waals surface area contributed by atoms with Gasteiger partial charge in [-0.15, -0.1) is 17.3 Å². The molecule has 4 nitrogen and oxygen atoms in total. The minimum atomic E-state index is -0.757. The monoisotopic (exact) mass is 384 g/mol. The summed E-state index contributed by atoms with van der Waals surface area (Å²) < 4.78 is 0. The summed E-state index contributed by atoms with van der Waals surface area (Å²) >= 11 is 5.90. The molecule has 3 rings (SSSR count). The van der Waals surface area contributed by atoms with Crippen molar-refractivity contribution < 1.29 is 9.59 Å². The van der Waals surface area contributed by atoms with E-state index in [0.29, 0.717) is 5.69 Å². The van der Waals surface area contributed by atoms with Gasteiger partial charge in [-0.3, -0.25) is 14.5 Å². The van der Waals surface area contributed by atoms with Gasteiger partial charge in [0.2, 0.25) is 11.8 Å². The molecule has 0 aliphatic heterocycles. The van der Waals surface area contributed by atoms with E-state index in [-0.39, 0.29) is 23.7 Å². The Balaban J connectivity index is 1.93. The molecule has 0 spiro atoms. The van der Waals surface area contributed by atoms with Crippen LogP contribution in [0.15, 0.2) is 53.8 Å². The lowest BCUT2D eigenvalue weighted by Gasteiger charge is -2.33. The summed E-state index contributed by atoms with van der Waals surface area (Å²) in [4.78, 5) is 27.5. The van der Waals surface area contributed by atoms with Gasteiger partial charge in [0, 0.05) is 11.7 Å². The standard InChI is InChI=1S/C22H25ClN2O2/c1-16-11-13-19(14-12-16)25(20(26)15-23)21(17-7-5-6-8-17)22(27)24-18-9-3-2-4-10-18/h5,7-8,11-14,18,21H,2-4,9-10,15H2,1H3,(H,24,27). The molecule has 27 heavy (non-hydrogen) atoms. The number of rotatable bonds is 6. The number of nitrogens with zero attached hydrogens (tertiary/aromatic N) is 1. The summed E-state index contributed by atoms with van der Waals surface area (Å²) in [7, 11) is 0. The maximum atomic E-state index is 13.2. The molecule has 5 heteroatoms. The first-order valence-electron chi connectivity index (χ1n) is 9.48. The van der Waals surface area contributed by atoms with Crippen LogP contribution in [0.5, 0.6) is 0 Å². The number of alkyl halides is 1. The molecule has 2 aliphatic carbocycles. The zero-order valence-corrected chi connectivity index (χ0v) is 16.3. The van der Waals surface area contributed by atoms with E-state index in [2.05, 4.69) is 11.0 Å². The fraction of sp³-hybridized carbons (Fsp3) is 0.409. The number of allylic oxidation sites excluding steroid dienone is 1. The first-order valence-corrected chi connectivity index (χ1v) is 10.0. The second kappa shape index (κ2) is 9.07. The number of hydrogen-bond donors (Lipinski definition) is 1. The van der Waals surface area contributed by atoms with Crippen molar-refractivity contribution >= 4 is 29.1 Å². The van der Waals surface area contributed by atoms with E-state index in [9.17, 15) is 9.59 Å². The molecule has 1 unspecified atom stereocenters. The molecule has 0 radical (unpaired) electrons. The van der Waals surface area contributed by atoms with Crippen molar-refractivity contribution in [1.29, 1.82) is 0 Å². The Kier molecular flexibility index (Phi) is 6.54. The Hall–Kier alpha value is -2.29. The molecule has 1 aromatic carbocycles. The molecule has 1 N–H and O–H groups in total. The Morgan fingerprint density at radius 3 is 2.52 bits per heavy atom. The molecule has 0 aromatic heterocycles. The lowest BCUT2D eigenvalue weighted by molar-refractivity contribution is -0.125. The molecule has 1 atom stereocenters. The van der Waals surface area contributed by atoms with Crippen LogP contribution >= 0.6 is 11.6 Å². The van der Waals surface area contributed by atoms with Crippen molar-refractivity contribution in [1.82, 2.24) is 5.32 Å². The van der Waals surface area contributed by atoms with Gasteiger partial charge in [0.15, 0.2) is 0 Å². The molecular formula is C22H25ClN2O2. The zero-order chi connectivity index (χ0) is 19.2. The number of carbonyl (C=O) groups excluding carboxylic acids is 2. The second-order valence-corrected chi connectivity index (χ2v) is 7.39. The topological polar surface area (TPSA) is 49.4 Å². The van der Waals surface area contributed by atoms with Gasteiger partial charge in [-0.1, -0.05) is 37.0 Å². The quantitative estimate of drug-likeness (QED) is 0.594. The fourth-order valence-electron chi connectivity index (χ4n) is 3.66. The van der Waals surface area contributed by atoms with Crippen molar-refractivity contribution in [3.05, 3.63) is 59.4 Å². The number of benzene rings is 1. The summed E-state index contributed by atoms with van der Waals surface area (Å²) in [5.41, 5.74) is 5.48. The predicted octanol–water partition coefficient (Wildman–Crippen LogP) is 4.04. The van der Waals surface area contributed by atoms with E-state index in [1.807, 2.05) is 37.3 Å². The van der Waals surface area contributed by atoms with Crippen molar-refractivity contribution in [2.75, 3.05) is 10.8 Å². The molecule has 0 saturated heterocycles. The molecule has 142 valence electrons. The number of aryl methyl sites for hydroxylation is 1. The van der Waals surface area contributed by atoms with Gasteiger partial charge in [0.05, 0.1) is 0 Å². The van der Waals surface area contributed by atoms with Crippen molar-refractivity contribution in [3.8, 4) is 0 Å².